The molecule has 0 amide bonds. The molecule has 7 nitrogen and oxygen atoms in total. The first-order valence-electron chi connectivity index (χ1n) is 11.9. The van der Waals surface area contributed by atoms with E-state index in [1.54, 1.807) is 37.1 Å². The molecule has 5 aromatic rings. The van der Waals surface area contributed by atoms with Crippen molar-refractivity contribution in [2.45, 2.75) is 32.2 Å². The van der Waals surface area contributed by atoms with Crippen LogP contribution in [0, 0.1) is 0 Å². The predicted molar refractivity (Wildman–Crippen MR) is 143 cm³/mol. The van der Waals surface area contributed by atoms with Crippen LogP contribution in [-0.4, -0.2) is 33.0 Å². The van der Waals surface area contributed by atoms with Gasteiger partial charge in [-0.3, -0.25) is 9.36 Å². The molecule has 0 fully saturated rings. The molecule has 36 heavy (non-hydrogen) atoms. The van der Waals surface area contributed by atoms with Crippen LogP contribution in [0.5, 0.6) is 11.6 Å². The van der Waals surface area contributed by atoms with Crippen LogP contribution < -0.4 is 10.3 Å². The average Bonchev–Trinajstić information content (AvgIpc) is 3.31. The van der Waals surface area contributed by atoms with Gasteiger partial charge in [0, 0.05) is 21.9 Å². The topological polar surface area (TPSA) is 89.6 Å². The van der Waals surface area contributed by atoms with E-state index in [0.717, 1.165) is 40.8 Å². The monoisotopic (exact) mass is 496 g/mol. The van der Waals surface area contributed by atoms with E-state index in [1.807, 2.05) is 42.5 Å². The number of aryl methyl sites for hydroxylation is 2. The Morgan fingerprint density at radius 3 is 2.67 bits per heavy atom. The lowest BCUT2D eigenvalue weighted by atomic mass is 9.97. The molecule has 3 aromatic heterocycles. The normalized spacial score (nSPS) is 13.5. The number of aromatic nitrogens is 3. The van der Waals surface area contributed by atoms with Crippen molar-refractivity contribution in [2.24, 2.45) is 4.99 Å². The molecule has 3 heterocycles. The number of thiophene rings is 1. The molecule has 180 valence electrons. The van der Waals surface area contributed by atoms with Gasteiger partial charge in [-0.25, -0.2) is 15.0 Å². The molecule has 0 spiro atoms. The Hall–Kier alpha value is -4.04. The third-order valence-electron chi connectivity index (χ3n) is 6.74. The van der Waals surface area contributed by atoms with Crippen LogP contribution in [0.15, 0.2) is 64.6 Å². The summed E-state index contributed by atoms with van der Waals surface area (Å²) < 4.78 is 6.61. The maximum Gasteiger partial charge on any atom is 0.261 e. The Morgan fingerprint density at radius 2 is 1.86 bits per heavy atom. The molecule has 0 unspecified atom stereocenters. The van der Waals surface area contributed by atoms with Crippen molar-refractivity contribution in [3.8, 4) is 11.6 Å². The van der Waals surface area contributed by atoms with Gasteiger partial charge in [0.2, 0.25) is 5.88 Å². The highest BCUT2D eigenvalue weighted by molar-refractivity contribution is 7.19. The Kier molecular flexibility index (Phi) is 5.73. The summed E-state index contributed by atoms with van der Waals surface area (Å²) in [6, 6.07) is 14.7. The molecular weight excluding hydrogens is 472 g/mol. The largest absolute Gasteiger partial charge is 0.497 e. The standard InChI is InChI=1S/C28H24N4O3S/c1-35-18-12-10-17(11-13-18)15-32-27(33)20-7-3-2-6-19(20)22(28(32)34)14-29-25-24-21-8-4-5-9-23(21)36-26(24)31-16-30-25/h2-3,6-7,10-14,16,34H,4-5,8-9,15H2,1H3/b29-14+. The van der Waals surface area contributed by atoms with E-state index >= 15 is 0 Å². The number of hydrogen-bond acceptors (Lipinski definition) is 7. The summed E-state index contributed by atoms with van der Waals surface area (Å²) in [5.41, 5.74) is 2.39. The SMILES string of the molecule is COc1ccc(Cn2c(O)c(/C=N/c3ncnc4sc5c(c34)CCCC5)c3ccccc3c2=O)cc1. The summed E-state index contributed by atoms with van der Waals surface area (Å²) in [6.45, 7) is 0.218. The molecule has 1 aliphatic rings. The van der Waals surface area contributed by atoms with E-state index in [1.165, 1.54) is 21.4 Å². The number of nitrogens with zero attached hydrogens (tertiary/aromatic N) is 4. The quantitative estimate of drug-likeness (QED) is 0.329. The van der Waals surface area contributed by atoms with Gasteiger partial charge in [-0.05, 0) is 55.0 Å². The summed E-state index contributed by atoms with van der Waals surface area (Å²) in [5, 5.41) is 13.5. The van der Waals surface area contributed by atoms with Gasteiger partial charge in [0.1, 0.15) is 16.9 Å². The minimum absolute atomic E-state index is 0.129. The summed E-state index contributed by atoms with van der Waals surface area (Å²) in [5.74, 6) is 1.19. The van der Waals surface area contributed by atoms with Gasteiger partial charge in [-0.15, -0.1) is 11.3 Å². The number of aliphatic imine (C=N–C) groups is 1. The molecule has 6 rings (SSSR count). The number of fused-ring (bicyclic) bond motifs is 4. The van der Waals surface area contributed by atoms with Crippen molar-refractivity contribution < 1.29 is 9.84 Å². The second kappa shape index (κ2) is 9.20. The first-order chi connectivity index (χ1) is 17.6. The summed E-state index contributed by atoms with van der Waals surface area (Å²) in [7, 11) is 1.61. The highest BCUT2D eigenvalue weighted by Gasteiger charge is 2.20. The zero-order valence-corrected chi connectivity index (χ0v) is 20.6. The van der Waals surface area contributed by atoms with Crippen molar-refractivity contribution in [3.05, 3.63) is 86.8 Å². The van der Waals surface area contributed by atoms with Crippen molar-refractivity contribution in [2.75, 3.05) is 7.11 Å². The van der Waals surface area contributed by atoms with Crippen molar-refractivity contribution >= 4 is 44.4 Å². The molecule has 0 aliphatic heterocycles. The first-order valence-corrected chi connectivity index (χ1v) is 12.7. The molecular formula is C28H24N4O3S. The number of aromatic hydroxyl groups is 1. The Balaban J connectivity index is 1.48. The lowest BCUT2D eigenvalue weighted by Gasteiger charge is -2.14. The zero-order chi connectivity index (χ0) is 24.6. The number of methoxy groups -OCH3 is 1. The van der Waals surface area contributed by atoms with Crippen molar-refractivity contribution in [3.63, 3.8) is 0 Å². The molecule has 0 saturated carbocycles. The second-order valence-electron chi connectivity index (χ2n) is 8.87. The van der Waals surface area contributed by atoms with Gasteiger partial charge in [-0.2, -0.15) is 0 Å². The van der Waals surface area contributed by atoms with Gasteiger partial charge in [0.25, 0.3) is 5.56 Å². The Bertz CT molecular complexity index is 1690. The summed E-state index contributed by atoms with van der Waals surface area (Å²) >= 11 is 1.72. The smallest absolute Gasteiger partial charge is 0.261 e. The van der Waals surface area contributed by atoms with Gasteiger partial charge >= 0.3 is 0 Å². The van der Waals surface area contributed by atoms with Gasteiger partial charge in [0.05, 0.1) is 24.6 Å². The van der Waals surface area contributed by atoms with Gasteiger partial charge in [-0.1, -0.05) is 30.3 Å². The lowest BCUT2D eigenvalue weighted by molar-refractivity contribution is 0.412. The molecule has 0 radical (unpaired) electrons. The first kappa shape index (κ1) is 22.4. The molecule has 0 saturated heterocycles. The van der Waals surface area contributed by atoms with Crippen LogP contribution in [0.4, 0.5) is 5.82 Å². The maximum atomic E-state index is 13.3. The van der Waals surface area contributed by atoms with Crippen LogP contribution in [0.2, 0.25) is 0 Å². The van der Waals surface area contributed by atoms with E-state index in [0.29, 0.717) is 22.2 Å². The fourth-order valence-corrected chi connectivity index (χ4v) is 6.12. The molecule has 2 aromatic carbocycles. The van der Waals surface area contributed by atoms with E-state index in [2.05, 4.69) is 9.97 Å². The fourth-order valence-electron chi connectivity index (χ4n) is 4.90. The maximum absolute atomic E-state index is 13.3. The highest BCUT2D eigenvalue weighted by atomic mass is 32.1. The Labute approximate surface area is 211 Å². The third-order valence-corrected chi connectivity index (χ3v) is 7.94. The third kappa shape index (κ3) is 3.83. The minimum atomic E-state index is -0.257. The number of hydrogen-bond donors (Lipinski definition) is 1. The van der Waals surface area contributed by atoms with Crippen molar-refractivity contribution in [1.82, 2.24) is 14.5 Å². The number of ether oxygens (including phenoxy) is 1. The number of pyridine rings is 1. The molecule has 1 aliphatic carbocycles. The molecule has 0 atom stereocenters. The Morgan fingerprint density at radius 1 is 1.08 bits per heavy atom. The van der Waals surface area contributed by atoms with E-state index in [4.69, 9.17) is 9.73 Å². The van der Waals surface area contributed by atoms with E-state index in [9.17, 15) is 9.90 Å². The van der Waals surface area contributed by atoms with Crippen molar-refractivity contribution in [1.29, 1.82) is 0 Å². The predicted octanol–water partition coefficient (Wildman–Crippen LogP) is 5.40. The number of benzene rings is 2. The summed E-state index contributed by atoms with van der Waals surface area (Å²) in [4.78, 5) is 29.3. The van der Waals surface area contributed by atoms with Crippen LogP contribution in [-0.2, 0) is 19.4 Å². The van der Waals surface area contributed by atoms with E-state index in [-0.39, 0.29) is 18.0 Å². The average molecular weight is 497 g/mol. The zero-order valence-electron chi connectivity index (χ0n) is 19.8. The van der Waals surface area contributed by atoms with Crippen LogP contribution in [0.1, 0.15) is 34.4 Å². The fraction of sp³-hybridized carbons (Fsp3) is 0.214. The van der Waals surface area contributed by atoms with E-state index < -0.39 is 0 Å². The minimum Gasteiger partial charge on any atom is -0.497 e. The number of rotatable bonds is 5. The second-order valence-corrected chi connectivity index (χ2v) is 9.95. The van der Waals surface area contributed by atoms with Gasteiger partial charge in [0.15, 0.2) is 5.82 Å². The van der Waals surface area contributed by atoms with Gasteiger partial charge < -0.3 is 9.84 Å². The molecule has 8 heteroatoms. The lowest BCUT2D eigenvalue weighted by Crippen LogP contribution is -2.22. The van der Waals surface area contributed by atoms with Crippen LogP contribution in [0.25, 0.3) is 21.0 Å². The van der Waals surface area contributed by atoms with Crippen LogP contribution >= 0.6 is 11.3 Å². The van der Waals surface area contributed by atoms with Crippen LogP contribution in [0.3, 0.4) is 0 Å². The molecule has 1 N–H and O–H groups in total. The summed E-state index contributed by atoms with van der Waals surface area (Å²) in [6.07, 6.45) is 7.59. The highest BCUT2D eigenvalue weighted by Crippen LogP contribution is 2.39. The molecule has 0 bridgehead atoms.